The van der Waals surface area contributed by atoms with E-state index in [9.17, 15) is 14.4 Å². The fourth-order valence-electron chi connectivity index (χ4n) is 4.98. The molecule has 3 amide bonds. The molecule has 1 heterocycles. The van der Waals surface area contributed by atoms with Gasteiger partial charge in [0.15, 0.2) is 0 Å². The van der Waals surface area contributed by atoms with E-state index >= 15 is 0 Å². The Morgan fingerprint density at radius 3 is 2.26 bits per heavy atom. The Bertz CT molecular complexity index is 1750. The highest BCUT2D eigenvalue weighted by Crippen LogP contribution is 2.25. The summed E-state index contributed by atoms with van der Waals surface area (Å²) in [7, 11) is 1.61. The van der Waals surface area contributed by atoms with Gasteiger partial charge in [-0.2, -0.15) is 0 Å². The van der Waals surface area contributed by atoms with Crippen molar-refractivity contribution in [2.75, 3.05) is 7.05 Å². The Hall–Kier alpha value is -5.35. The number of primary amides is 1. The molecule has 0 saturated carbocycles. The molecule has 5 aromatic rings. The number of nitrogens with zero attached hydrogens (tertiary/aromatic N) is 3. The van der Waals surface area contributed by atoms with Crippen molar-refractivity contribution in [3.05, 3.63) is 131 Å². The van der Waals surface area contributed by atoms with Crippen molar-refractivity contribution < 1.29 is 18.8 Å². The molecule has 43 heavy (non-hydrogen) atoms. The number of hydrogen-bond donors (Lipinski definition) is 3. The van der Waals surface area contributed by atoms with Gasteiger partial charge in [-0.3, -0.25) is 14.4 Å². The first-order chi connectivity index (χ1) is 20.8. The standard InChI is InChI=1S/C33H32N6O4/c1-39(28(19-21-8-3-2-4-9-21)31-37-38-32(43-31)29(35)40)33(42)27(36-30(41)26-13-7-10-23(17-26)20-34)18-22-14-15-24-11-5-6-12-25(24)16-22/h2-17,27-28H,18-20,34H2,1H3,(H2,35,40)(H,36,41)/t27-,28-/m1/s1. The number of carbonyl (C=O) groups is 3. The normalized spacial score (nSPS) is 12.4. The van der Waals surface area contributed by atoms with Gasteiger partial charge in [0.05, 0.1) is 0 Å². The van der Waals surface area contributed by atoms with Crippen molar-refractivity contribution >= 4 is 28.5 Å². The fourth-order valence-corrected chi connectivity index (χ4v) is 4.98. The molecule has 0 bridgehead atoms. The topological polar surface area (TPSA) is 157 Å². The third-order valence-electron chi connectivity index (χ3n) is 7.31. The molecule has 0 saturated heterocycles. The summed E-state index contributed by atoms with van der Waals surface area (Å²) in [4.78, 5) is 40.9. The van der Waals surface area contributed by atoms with E-state index < -0.39 is 23.9 Å². The first-order valence-electron chi connectivity index (χ1n) is 13.8. The average Bonchev–Trinajstić information content (AvgIpc) is 3.54. The van der Waals surface area contributed by atoms with Crippen LogP contribution in [0.15, 0.2) is 101 Å². The van der Waals surface area contributed by atoms with Crippen LogP contribution >= 0.6 is 0 Å². The molecule has 0 aliphatic carbocycles. The summed E-state index contributed by atoms with van der Waals surface area (Å²) < 4.78 is 5.58. The molecule has 0 unspecified atom stereocenters. The number of likely N-dealkylation sites (N-methyl/N-ethyl adjacent to an activating group) is 1. The number of hydrogen-bond acceptors (Lipinski definition) is 7. The van der Waals surface area contributed by atoms with E-state index in [1.54, 1.807) is 25.2 Å². The maximum atomic E-state index is 14.3. The number of aromatic nitrogens is 2. The highest BCUT2D eigenvalue weighted by atomic mass is 16.4. The van der Waals surface area contributed by atoms with Gasteiger partial charge in [0.1, 0.15) is 12.1 Å². The van der Waals surface area contributed by atoms with Crippen LogP contribution in [-0.2, 0) is 24.2 Å². The van der Waals surface area contributed by atoms with E-state index in [0.29, 0.717) is 12.0 Å². The van der Waals surface area contributed by atoms with Crippen LogP contribution in [0.1, 0.15) is 49.7 Å². The lowest BCUT2D eigenvalue weighted by molar-refractivity contribution is -0.134. The predicted octanol–water partition coefficient (Wildman–Crippen LogP) is 3.56. The molecule has 0 aliphatic heterocycles. The van der Waals surface area contributed by atoms with E-state index in [2.05, 4.69) is 15.5 Å². The van der Waals surface area contributed by atoms with Crippen LogP contribution < -0.4 is 16.8 Å². The van der Waals surface area contributed by atoms with Gasteiger partial charge >= 0.3 is 11.8 Å². The van der Waals surface area contributed by atoms with Crippen LogP contribution in [0.5, 0.6) is 0 Å². The number of fused-ring (bicyclic) bond motifs is 1. The second-order valence-electron chi connectivity index (χ2n) is 10.3. The third kappa shape index (κ3) is 6.94. The van der Waals surface area contributed by atoms with Crippen LogP contribution in [-0.4, -0.2) is 45.9 Å². The lowest BCUT2D eigenvalue weighted by Gasteiger charge is -2.30. The van der Waals surface area contributed by atoms with Crippen molar-refractivity contribution in [2.45, 2.75) is 31.5 Å². The second-order valence-corrected chi connectivity index (χ2v) is 10.3. The SMILES string of the molecule is CN(C(=O)[C@@H](Cc1ccc2ccccc2c1)NC(=O)c1cccc(CN)c1)[C@H](Cc1ccccc1)c1nnc(C(N)=O)o1. The van der Waals surface area contributed by atoms with Gasteiger partial charge in [0.2, 0.25) is 11.8 Å². The van der Waals surface area contributed by atoms with Crippen LogP contribution in [0.3, 0.4) is 0 Å². The van der Waals surface area contributed by atoms with Crippen LogP contribution in [0, 0.1) is 0 Å². The summed E-state index contributed by atoms with van der Waals surface area (Å²) in [5.74, 6) is -1.95. The molecule has 4 aromatic carbocycles. The monoisotopic (exact) mass is 576 g/mol. The number of amides is 3. The highest BCUT2D eigenvalue weighted by molar-refractivity contribution is 5.98. The van der Waals surface area contributed by atoms with Gasteiger partial charge in [-0.15, -0.1) is 10.2 Å². The molecule has 0 fully saturated rings. The predicted molar refractivity (Wildman–Crippen MR) is 162 cm³/mol. The van der Waals surface area contributed by atoms with Gasteiger partial charge in [0, 0.05) is 32.0 Å². The van der Waals surface area contributed by atoms with Gasteiger partial charge < -0.3 is 26.1 Å². The van der Waals surface area contributed by atoms with Gasteiger partial charge in [-0.25, -0.2) is 0 Å². The van der Waals surface area contributed by atoms with Crippen LogP contribution in [0.4, 0.5) is 0 Å². The molecular formula is C33H32N6O4. The van der Waals surface area contributed by atoms with Gasteiger partial charge in [-0.1, -0.05) is 84.9 Å². The summed E-state index contributed by atoms with van der Waals surface area (Å²) in [6, 6.07) is 28.6. The maximum Gasteiger partial charge on any atom is 0.306 e. The lowest BCUT2D eigenvalue weighted by atomic mass is 9.99. The van der Waals surface area contributed by atoms with Crippen molar-refractivity contribution in [1.82, 2.24) is 20.4 Å². The molecule has 0 radical (unpaired) electrons. The molecule has 218 valence electrons. The smallest absolute Gasteiger partial charge is 0.306 e. The Kier molecular flexibility index (Phi) is 8.88. The van der Waals surface area contributed by atoms with E-state index in [0.717, 1.165) is 27.5 Å². The van der Waals surface area contributed by atoms with Crippen molar-refractivity contribution in [3.8, 4) is 0 Å². The number of carbonyl (C=O) groups excluding carboxylic acids is 3. The fraction of sp³-hybridized carbons (Fsp3) is 0.182. The zero-order valence-electron chi connectivity index (χ0n) is 23.6. The molecule has 5 rings (SSSR count). The summed E-state index contributed by atoms with van der Waals surface area (Å²) >= 11 is 0. The first-order valence-corrected chi connectivity index (χ1v) is 13.8. The molecule has 1 aromatic heterocycles. The number of benzene rings is 4. The number of rotatable bonds is 11. The Labute approximate surface area is 248 Å². The molecule has 2 atom stereocenters. The quantitative estimate of drug-likeness (QED) is 0.217. The van der Waals surface area contributed by atoms with E-state index in [-0.39, 0.29) is 30.7 Å². The summed E-state index contributed by atoms with van der Waals surface area (Å²) in [5, 5.41) is 12.8. The molecule has 10 heteroatoms. The second kappa shape index (κ2) is 13.1. The van der Waals surface area contributed by atoms with E-state index in [4.69, 9.17) is 15.9 Å². The first kappa shape index (κ1) is 29.2. The van der Waals surface area contributed by atoms with Crippen molar-refractivity contribution in [2.24, 2.45) is 11.5 Å². The summed E-state index contributed by atoms with van der Waals surface area (Å²) in [5.41, 5.74) is 14.1. The largest absolute Gasteiger partial charge is 0.415 e. The minimum Gasteiger partial charge on any atom is -0.415 e. The zero-order chi connectivity index (χ0) is 30.3. The average molecular weight is 577 g/mol. The molecular weight excluding hydrogens is 544 g/mol. The summed E-state index contributed by atoms with van der Waals surface area (Å²) in [6.07, 6.45) is 0.545. The van der Waals surface area contributed by atoms with Crippen molar-refractivity contribution in [1.29, 1.82) is 0 Å². The summed E-state index contributed by atoms with van der Waals surface area (Å²) in [6.45, 7) is 0.280. The van der Waals surface area contributed by atoms with Crippen molar-refractivity contribution in [3.63, 3.8) is 0 Å². The Morgan fingerprint density at radius 1 is 0.814 bits per heavy atom. The minimum atomic E-state index is -0.947. The van der Waals surface area contributed by atoms with Gasteiger partial charge in [0.25, 0.3) is 5.91 Å². The lowest BCUT2D eigenvalue weighted by Crippen LogP contribution is -2.49. The number of nitrogens with two attached hydrogens (primary N) is 2. The Morgan fingerprint density at radius 2 is 1.53 bits per heavy atom. The zero-order valence-corrected chi connectivity index (χ0v) is 23.6. The molecule has 10 nitrogen and oxygen atoms in total. The maximum absolute atomic E-state index is 14.3. The van der Waals surface area contributed by atoms with Crippen LogP contribution in [0.2, 0.25) is 0 Å². The van der Waals surface area contributed by atoms with Crippen LogP contribution in [0.25, 0.3) is 10.8 Å². The highest BCUT2D eigenvalue weighted by Gasteiger charge is 2.33. The molecule has 5 N–H and O–H groups in total. The van der Waals surface area contributed by atoms with E-state index in [1.807, 2.05) is 78.9 Å². The number of nitrogens with one attached hydrogen (secondary N) is 1. The minimum absolute atomic E-state index is 0.0555. The van der Waals surface area contributed by atoms with E-state index in [1.165, 1.54) is 4.90 Å². The third-order valence-corrected chi connectivity index (χ3v) is 7.31. The molecule has 0 spiro atoms. The molecule has 0 aliphatic rings. The Balaban J connectivity index is 1.49. The van der Waals surface area contributed by atoms with Gasteiger partial charge in [-0.05, 0) is 39.6 Å².